The molecule has 3 rings (SSSR count). The molecule has 1 saturated heterocycles. The maximum Gasteiger partial charge on any atom is 0.220 e. The monoisotopic (exact) mass is 439 g/mol. The van der Waals surface area contributed by atoms with Gasteiger partial charge < -0.3 is 19.5 Å². The molecular formula is C19H26FN5O4S. The molecule has 164 valence electrons. The van der Waals surface area contributed by atoms with Crippen molar-refractivity contribution in [2.45, 2.75) is 12.2 Å². The van der Waals surface area contributed by atoms with Crippen molar-refractivity contribution >= 4 is 16.0 Å². The normalized spacial score (nSPS) is 15.9. The SMILES string of the molecule is CN=C(NCCCOc1ccc(F)cc1)N1CCN(S(=O)(=O)Cc2ccon2)CC1. The lowest BCUT2D eigenvalue weighted by molar-refractivity contribution is 0.258. The summed E-state index contributed by atoms with van der Waals surface area (Å²) in [6.45, 7) is 3.00. The minimum Gasteiger partial charge on any atom is -0.494 e. The Kier molecular flexibility index (Phi) is 7.63. The number of hydrogen-bond donors (Lipinski definition) is 1. The smallest absolute Gasteiger partial charge is 0.220 e. The Hall–Kier alpha value is -2.66. The van der Waals surface area contributed by atoms with Gasteiger partial charge in [-0.3, -0.25) is 4.99 Å². The number of aromatic nitrogens is 1. The highest BCUT2D eigenvalue weighted by atomic mass is 32.2. The zero-order valence-electron chi connectivity index (χ0n) is 16.8. The second-order valence-electron chi connectivity index (χ2n) is 6.76. The second-order valence-corrected chi connectivity index (χ2v) is 8.73. The molecule has 0 spiro atoms. The molecule has 1 N–H and O–H groups in total. The summed E-state index contributed by atoms with van der Waals surface area (Å²) < 4.78 is 49.7. The van der Waals surface area contributed by atoms with Crippen molar-refractivity contribution < 1.29 is 22.1 Å². The van der Waals surface area contributed by atoms with Crippen molar-refractivity contribution in [3.8, 4) is 5.75 Å². The third-order valence-electron chi connectivity index (χ3n) is 4.65. The first-order valence-electron chi connectivity index (χ1n) is 9.69. The number of guanidine groups is 1. The molecule has 1 aromatic carbocycles. The quantitative estimate of drug-likeness (QED) is 0.376. The Morgan fingerprint density at radius 1 is 1.23 bits per heavy atom. The minimum absolute atomic E-state index is 0.162. The third kappa shape index (κ3) is 6.17. The standard InChI is InChI=1S/C19H26FN5O4S/c1-21-19(22-8-2-13-28-18-5-3-16(20)4-6-18)24-9-11-25(12-10-24)30(26,27)15-17-7-14-29-23-17/h3-7,14H,2,8-13,15H2,1H3,(H,21,22). The van der Waals surface area contributed by atoms with Crippen LogP contribution in [-0.2, 0) is 15.8 Å². The highest BCUT2D eigenvalue weighted by molar-refractivity contribution is 7.88. The van der Waals surface area contributed by atoms with E-state index >= 15 is 0 Å². The van der Waals surface area contributed by atoms with Crippen LogP contribution in [0.2, 0.25) is 0 Å². The molecule has 0 aliphatic carbocycles. The molecule has 0 bridgehead atoms. The van der Waals surface area contributed by atoms with E-state index in [1.807, 2.05) is 4.90 Å². The fourth-order valence-corrected chi connectivity index (χ4v) is 4.52. The van der Waals surface area contributed by atoms with E-state index < -0.39 is 10.0 Å². The van der Waals surface area contributed by atoms with Crippen molar-refractivity contribution in [3.63, 3.8) is 0 Å². The molecule has 9 nitrogen and oxygen atoms in total. The largest absolute Gasteiger partial charge is 0.494 e. The zero-order valence-corrected chi connectivity index (χ0v) is 17.6. The first-order valence-corrected chi connectivity index (χ1v) is 11.3. The van der Waals surface area contributed by atoms with Gasteiger partial charge in [0, 0.05) is 45.8 Å². The van der Waals surface area contributed by atoms with Gasteiger partial charge >= 0.3 is 0 Å². The van der Waals surface area contributed by atoms with E-state index in [9.17, 15) is 12.8 Å². The Labute approximate surface area is 175 Å². The Balaban J connectivity index is 1.38. The molecule has 1 aliphatic rings. The van der Waals surface area contributed by atoms with E-state index in [-0.39, 0.29) is 11.6 Å². The maximum absolute atomic E-state index is 12.9. The average Bonchev–Trinajstić information content (AvgIpc) is 3.24. The van der Waals surface area contributed by atoms with Crippen LogP contribution in [0.25, 0.3) is 0 Å². The van der Waals surface area contributed by atoms with Crippen LogP contribution in [0.4, 0.5) is 4.39 Å². The first kappa shape index (κ1) is 22.0. The van der Waals surface area contributed by atoms with Gasteiger partial charge in [0.1, 0.15) is 23.6 Å². The van der Waals surface area contributed by atoms with Crippen LogP contribution in [0.1, 0.15) is 12.1 Å². The van der Waals surface area contributed by atoms with Crippen LogP contribution < -0.4 is 10.1 Å². The minimum atomic E-state index is -3.43. The van der Waals surface area contributed by atoms with Gasteiger partial charge in [0.05, 0.1) is 12.3 Å². The lowest BCUT2D eigenvalue weighted by Gasteiger charge is -2.35. The van der Waals surface area contributed by atoms with Gasteiger partial charge in [-0.1, -0.05) is 5.16 Å². The number of hydrogen-bond acceptors (Lipinski definition) is 6. The number of nitrogens with one attached hydrogen (secondary N) is 1. The Morgan fingerprint density at radius 2 is 1.97 bits per heavy atom. The number of sulfonamides is 1. The van der Waals surface area contributed by atoms with Crippen LogP contribution >= 0.6 is 0 Å². The lowest BCUT2D eigenvalue weighted by Crippen LogP contribution is -2.54. The summed E-state index contributed by atoms with van der Waals surface area (Å²) in [4.78, 5) is 6.31. The van der Waals surface area contributed by atoms with Gasteiger partial charge in [-0.25, -0.2) is 12.8 Å². The molecule has 2 aromatic rings. The molecule has 1 fully saturated rings. The van der Waals surface area contributed by atoms with Crippen LogP contribution in [0.3, 0.4) is 0 Å². The number of benzene rings is 1. The average molecular weight is 440 g/mol. The van der Waals surface area contributed by atoms with E-state index in [0.717, 1.165) is 12.4 Å². The molecule has 2 heterocycles. The predicted octanol–water partition coefficient (Wildman–Crippen LogP) is 1.31. The summed E-state index contributed by atoms with van der Waals surface area (Å²) in [6, 6.07) is 7.47. The van der Waals surface area contributed by atoms with E-state index in [1.54, 1.807) is 25.2 Å². The Morgan fingerprint density at radius 3 is 2.60 bits per heavy atom. The molecule has 0 atom stereocenters. The fourth-order valence-electron chi connectivity index (χ4n) is 3.09. The van der Waals surface area contributed by atoms with E-state index in [4.69, 9.17) is 9.26 Å². The Bertz CT molecular complexity index is 911. The summed E-state index contributed by atoms with van der Waals surface area (Å²) >= 11 is 0. The highest BCUT2D eigenvalue weighted by Gasteiger charge is 2.28. The highest BCUT2D eigenvalue weighted by Crippen LogP contribution is 2.13. The molecule has 30 heavy (non-hydrogen) atoms. The zero-order chi connectivity index (χ0) is 21.4. The molecule has 0 saturated carbocycles. The molecule has 0 radical (unpaired) electrons. The molecule has 1 aromatic heterocycles. The van der Waals surface area contributed by atoms with Crippen LogP contribution in [0.15, 0.2) is 46.1 Å². The van der Waals surface area contributed by atoms with Crippen molar-refractivity contribution in [1.29, 1.82) is 0 Å². The maximum atomic E-state index is 12.9. The van der Waals surface area contributed by atoms with Crippen molar-refractivity contribution in [2.24, 2.45) is 4.99 Å². The summed E-state index contributed by atoms with van der Waals surface area (Å²) in [7, 11) is -1.73. The van der Waals surface area contributed by atoms with Crippen molar-refractivity contribution in [3.05, 3.63) is 48.1 Å². The predicted molar refractivity (Wildman–Crippen MR) is 110 cm³/mol. The van der Waals surface area contributed by atoms with Crippen LogP contribution in [-0.4, -0.2) is 75.1 Å². The third-order valence-corrected chi connectivity index (χ3v) is 6.46. The first-order chi connectivity index (χ1) is 14.5. The number of nitrogens with zero attached hydrogens (tertiary/aromatic N) is 4. The molecule has 0 amide bonds. The summed E-state index contributed by atoms with van der Waals surface area (Å²) in [6.07, 6.45) is 2.10. The fraction of sp³-hybridized carbons (Fsp3) is 0.474. The van der Waals surface area contributed by atoms with E-state index in [1.165, 1.54) is 22.7 Å². The lowest BCUT2D eigenvalue weighted by atomic mass is 10.3. The van der Waals surface area contributed by atoms with Crippen molar-refractivity contribution in [2.75, 3.05) is 46.4 Å². The van der Waals surface area contributed by atoms with E-state index in [2.05, 4.69) is 15.5 Å². The second kappa shape index (κ2) is 10.4. The van der Waals surface area contributed by atoms with Gasteiger partial charge in [0.15, 0.2) is 5.96 Å². The number of halogens is 1. The number of piperazine rings is 1. The molecule has 0 unspecified atom stereocenters. The van der Waals surface area contributed by atoms with Crippen LogP contribution in [0, 0.1) is 5.82 Å². The van der Waals surface area contributed by atoms with Gasteiger partial charge in [0.25, 0.3) is 0 Å². The van der Waals surface area contributed by atoms with Gasteiger partial charge in [-0.05, 0) is 30.7 Å². The van der Waals surface area contributed by atoms with Crippen LogP contribution in [0.5, 0.6) is 5.75 Å². The summed E-state index contributed by atoms with van der Waals surface area (Å²) in [5.74, 6) is 0.901. The number of ether oxygens (including phenoxy) is 1. The topological polar surface area (TPSA) is 100 Å². The van der Waals surface area contributed by atoms with Crippen molar-refractivity contribution in [1.82, 2.24) is 19.7 Å². The molecule has 1 aliphatic heterocycles. The van der Waals surface area contributed by atoms with Gasteiger partial charge in [-0.2, -0.15) is 4.31 Å². The number of aliphatic imine (C=N–C) groups is 1. The molecule has 11 heteroatoms. The number of rotatable bonds is 8. The summed E-state index contributed by atoms with van der Waals surface area (Å²) in [5.41, 5.74) is 0.401. The van der Waals surface area contributed by atoms with Gasteiger partial charge in [0.2, 0.25) is 10.0 Å². The molecular weight excluding hydrogens is 413 g/mol. The van der Waals surface area contributed by atoms with Gasteiger partial charge in [-0.15, -0.1) is 0 Å². The summed E-state index contributed by atoms with van der Waals surface area (Å²) in [5, 5.41) is 6.95. The van der Waals surface area contributed by atoms with E-state index in [0.29, 0.717) is 50.8 Å².